The number of aromatic nitrogens is 2. The quantitative estimate of drug-likeness (QED) is 0.670. The minimum atomic E-state index is -0.171. The van der Waals surface area contributed by atoms with Crippen molar-refractivity contribution >= 4 is 39.8 Å². The minimum Gasteiger partial charge on any atom is -0.290 e. The first kappa shape index (κ1) is 16.4. The molecule has 2 nitrogen and oxygen atoms in total. The van der Waals surface area contributed by atoms with Gasteiger partial charge in [0.1, 0.15) is 5.69 Å². The summed E-state index contributed by atoms with van der Waals surface area (Å²) in [7, 11) is 0. The van der Waals surface area contributed by atoms with Crippen LogP contribution in [0.4, 0.5) is 4.39 Å². The van der Waals surface area contributed by atoms with Crippen molar-refractivity contribution in [3.8, 4) is 10.6 Å². The second kappa shape index (κ2) is 6.21. The number of halogens is 1. The molecule has 0 aliphatic rings. The molecule has 0 N–H and O–H groups in total. The number of rotatable bonds is 4. The Kier molecular flexibility index (Phi) is 4.43. The van der Waals surface area contributed by atoms with Gasteiger partial charge in [0.05, 0.1) is 14.8 Å². The van der Waals surface area contributed by atoms with Crippen LogP contribution in [0, 0.1) is 10.5 Å². The van der Waals surface area contributed by atoms with Crippen LogP contribution in [0.3, 0.4) is 0 Å². The highest BCUT2D eigenvalue weighted by Gasteiger charge is 2.14. The molecule has 0 bridgehead atoms. The fourth-order valence-electron chi connectivity index (χ4n) is 2.40. The van der Waals surface area contributed by atoms with Crippen LogP contribution in [0.15, 0.2) is 18.3 Å². The summed E-state index contributed by atoms with van der Waals surface area (Å²) in [4.78, 5) is 6.54. The third-order valence-corrected chi connectivity index (χ3v) is 5.96. The number of hydrogen-bond donors (Lipinski definition) is 0. The van der Waals surface area contributed by atoms with Crippen molar-refractivity contribution in [2.45, 2.75) is 40.5 Å². The predicted octanol–water partition coefficient (Wildman–Crippen LogP) is 4.67. The van der Waals surface area contributed by atoms with E-state index in [0.29, 0.717) is 0 Å². The first-order valence-electron chi connectivity index (χ1n) is 7.90. The van der Waals surface area contributed by atoms with E-state index in [1.807, 2.05) is 6.20 Å². The normalized spacial score (nSPS) is 14.3. The number of hydrogen-bond acceptors (Lipinski definition) is 3. The van der Waals surface area contributed by atoms with Gasteiger partial charge in [0.25, 0.3) is 0 Å². The molecule has 3 heterocycles. The van der Waals surface area contributed by atoms with Crippen molar-refractivity contribution in [3.05, 3.63) is 33.3 Å². The molecule has 3 aromatic heterocycles. The van der Waals surface area contributed by atoms with Crippen LogP contribution in [-0.2, 0) is 0 Å². The smallest absolute Gasteiger partial charge is 0.195 e. The molecule has 23 heavy (non-hydrogen) atoms. The molecule has 0 fully saturated rings. The van der Waals surface area contributed by atoms with Crippen molar-refractivity contribution in [1.29, 1.82) is 0 Å². The monoisotopic (exact) mass is 348 g/mol. The fraction of sp³-hybridized carbons (Fsp3) is 0.389. The maximum Gasteiger partial charge on any atom is 0.195 e. The number of fused-ring (bicyclic) bond motifs is 1. The van der Waals surface area contributed by atoms with Crippen molar-refractivity contribution in [1.82, 2.24) is 9.38 Å². The third-order valence-electron chi connectivity index (χ3n) is 4.04. The van der Waals surface area contributed by atoms with E-state index in [9.17, 15) is 4.39 Å². The highest BCUT2D eigenvalue weighted by Crippen LogP contribution is 2.27. The number of imidazole rings is 1. The summed E-state index contributed by atoms with van der Waals surface area (Å²) in [5.74, 6) is 0. The van der Waals surface area contributed by atoms with Crippen LogP contribution >= 0.6 is 22.7 Å². The van der Waals surface area contributed by atoms with E-state index in [1.54, 1.807) is 17.4 Å². The third kappa shape index (κ3) is 3.26. The second-order valence-electron chi connectivity index (χ2n) is 6.33. The summed E-state index contributed by atoms with van der Waals surface area (Å²) in [6.07, 6.45) is 8.67. The van der Waals surface area contributed by atoms with Gasteiger partial charge >= 0.3 is 0 Å². The zero-order chi connectivity index (χ0) is 16.6. The van der Waals surface area contributed by atoms with Gasteiger partial charge in [-0.2, -0.15) is 4.39 Å². The van der Waals surface area contributed by atoms with Gasteiger partial charge in [-0.25, -0.2) is 4.98 Å². The maximum absolute atomic E-state index is 13.3. The second-order valence-corrected chi connectivity index (χ2v) is 8.38. The van der Waals surface area contributed by atoms with E-state index in [2.05, 4.69) is 44.2 Å². The van der Waals surface area contributed by atoms with E-state index in [1.165, 1.54) is 15.9 Å². The average Bonchev–Trinajstić information content (AvgIpc) is 3.16. The Balaban J connectivity index is 2.21. The van der Waals surface area contributed by atoms with Gasteiger partial charge in [0.2, 0.25) is 0 Å². The van der Waals surface area contributed by atoms with Crippen LogP contribution in [0.1, 0.15) is 40.5 Å². The van der Waals surface area contributed by atoms with E-state index >= 15 is 0 Å². The number of thiazole rings is 1. The van der Waals surface area contributed by atoms with Crippen LogP contribution in [0.5, 0.6) is 0 Å². The van der Waals surface area contributed by atoms with Gasteiger partial charge in [-0.3, -0.25) is 4.40 Å². The fourth-order valence-corrected chi connectivity index (χ4v) is 4.34. The van der Waals surface area contributed by atoms with Crippen molar-refractivity contribution in [2.75, 3.05) is 0 Å². The Hall–Kier alpha value is -1.46. The largest absolute Gasteiger partial charge is 0.290 e. The lowest BCUT2D eigenvalue weighted by Gasteiger charge is -2.15. The van der Waals surface area contributed by atoms with Gasteiger partial charge in [-0.05, 0) is 30.4 Å². The summed E-state index contributed by atoms with van der Waals surface area (Å²) in [5.41, 5.74) is 1.01. The van der Waals surface area contributed by atoms with Gasteiger partial charge in [0.15, 0.2) is 10.1 Å². The first-order chi connectivity index (χ1) is 10.9. The molecule has 0 aliphatic heterocycles. The van der Waals surface area contributed by atoms with Crippen molar-refractivity contribution in [3.63, 3.8) is 0 Å². The molecule has 0 saturated heterocycles. The number of thiophene rings is 1. The molecule has 0 aromatic carbocycles. The summed E-state index contributed by atoms with van der Waals surface area (Å²) in [5, 5.41) is 1.03. The minimum absolute atomic E-state index is 0.166. The standard InChI is InChI=1S/C18H21FN2S2/c1-5-7-13-15(10-18(3,4)6-2)23-17-20-12(11-21(13)17)14-8-9-16(19)22-14/h7-11H,5-6H2,1-4H3/b13-7+,15-10+. The van der Waals surface area contributed by atoms with Crippen LogP contribution in [0.25, 0.3) is 27.7 Å². The predicted molar refractivity (Wildman–Crippen MR) is 98.9 cm³/mol. The molecule has 0 radical (unpaired) electrons. The topological polar surface area (TPSA) is 17.3 Å². The van der Waals surface area contributed by atoms with Gasteiger partial charge < -0.3 is 0 Å². The van der Waals surface area contributed by atoms with Crippen molar-refractivity contribution in [2.24, 2.45) is 5.41 Å². The molecule has 3 rings (SSSR count). The zero-order valence-corrected chi connectivity index (χ0v) is 15.5. The van der Waals surface area contributed by atoms with Crippen molar-refractivity contribution < 1.29 is 4.39 Å². The Bertz CT molecular complexity index is 944. The molecule has 0 atom stereocenters. The molecule has 5 heteroatoms. The van der Waals surface area contributed by atoms with Gasteiger partial charge in [0, 0.05) is 6.20 Å². The molecular weight excluding hydrogens is 327 g/mol. The van der Waals surface area contributed by atoms with Crippen LogP contribution < -0.4 is 9.88 Å². The van der Waals surface area contributed by atoms with E-state index in [4.69, 9.17) is 4.98 Å². The molecule has 0 saturated carbocycles. The van der Waals surface area contributed by atoms with Crippen LogP contribution in [0.2, 0.25) is 0 Å². The lowest BCUT2D eigenvalue weighted by molar-refractivity contribution is 0.496. The summed E-state index contributed by atoms with van der Waals surface area (Å²) >= 11 is 2.84. The van der Waals surface area contributed by atoms with E-state index in [-0.39, 0.29) is 10.5 Å². The molecule has 0 spiro atoms. The lowest BCUT2D eigenvalue weighted by atomic mass is 9.90. The zero-order valence-electron chi connectivity index (χ0n) is 13.9. The van der Waals surface area contributed by atoms with E-state index in [0.717, 1.165) is 39.7 Å². The van der Waals surface area contributed by atoms with E-state index < -0.39 is 0 Å². The molecule has 0 unspecified atom stereocenters. The Morgan fingerprint density at radius 1 is 1.26 bits per heavy atom. The maximum atomic E-state index is 13.3. The van der Waals surface area contributed by atoms with Crippen LogP contribution in [-0.4, -0.2) is 9.38 Å². The lowest BCUT2D eigenvalue weighted by Crippen LogP contribution is -2.26. The SMILES string of the molecule is CC/C=c1\c(=C/C(C)(C)CC)sc2nc(-c3ccc(F)s3)cn12. The number of nitrogens with zero attached hydrogens (tertiary/aromatic N) is 2. The summed E-state index contributed by atoms with van der Waals surface area (Å²) in [6.45, 7) is 8.86. The molecule has 3 aromatic rings. The van der Waals surface area contributed by atoms with Gasteiger partial charge in [-0.15, -0.1) is 11.3 Å². The average molecular weight is 349 g/mol. The highest BCUT2D eigenvalue weighted by atomic mass is 32.1. The molecular formula is C18H21FN2S2. The Morgan fingerprint density at radius 2 is 2.04 bits per heavy atom. The summed E-state index contributed by atoms with van der Waals surface area (Å²) < 4.78 is 16.7. The summed E-state index contributed by atoms with van der Waals surface area (Å²) in [6, 6.07) is 3.29. The molecule has 122 valence electrons. The first-order valence-corrected chi connectivity index (χ1v) is 9.53. The molecule has 0 amide bonds. The molecule has 0 aliphatic carbocycles. The Morgan fingerprint density at radius 3 is 2.65 bits per heavy atom. The van der Waals surface area contributed by atoms with Gasteiger partial charge in [-0.1, -0.05) is 51.2 Å². The Labute approximate surface area is 143 Å². The highest BCUT2D eigenvalue weighted by molar-refractivity contribution is 7.15.